The second-order valence-corrected chi connectivity index (χ2v) is 8.80. The van der Waals surface area contributed by atoms with E-state index in [0.29, 0.717) is 18.8 Å². The fourth-order valence-electron chi connectivity index (χ4n) is 2.66. The van der Waals surface area contributed by atoms with Gasteiger partial charge in [-0.3, -0.25) is 4.79 Å². The first-order valence-electron chi connectivity index (χ1n) is 9.19. The van der Waals surface area contributed by atoms with Crippen LogP contribution in [0.4, 0.5) is 5.13 Å². The van der Waals surface area contributed by atoms with Gasteiger partial charge in [-0.2, -0.15) is 0 Å². The van der Waals surface area contributed by atoms with Crippen molar-refractivity contribution in [2.75, 3.05) is 11.1 Å². The predicted octanol–water partition coefficient (Wildman–Crippen LogP) is 4.68. The molecule has 5 nitrogen and oxygen atoms in total. The number of hydrogen-bond donors (Lipinski definition) is 1. The van der Waals surface area contributed by atoms with E-state index in [0.717, 1.165) is 15.0 Å². The van der Waals surface area contributed by atoms with Crippen molar-refractivity contribution in [3.8, 4) is 0 Å². The smallest absolute Gasteiger partial charge is 0.233 e. The van der Waals surface area contributed by atoms with Gasteiger partial charge in [0, 0.05) is 19.1 Å². The summed E-state index contributed by atoms with van der Waals surface area (Å²) in [5, 5.41) is 12.4. The monoisotopic (exact) mass is 412 g/mol. The summed E-state index contributed by atoms with van der Waals surface area (Å²) in [7, 11) is 0. The number of carbonyl (C=O) groups excluding carboxylic acids is 1. The molecule has 0 saturated carbocycles. The highest BCUT2D eigenvalue weighted by atomic mass is 32.2. The molecule has 1 heterocycles. The van der Waals surface area contributed by atoms with Crippen molar-refractivity contribution in [3.63, 3.8) is 0 Å². The molecule has 28 heavy (non-hydrogen) atoms. The van der Waals surface area contributed by atoms with Gasteiger partial charge in [0.1, 0.15) is 0 Å². The van der Waals surface area contributed by atoms with E-state index in [1.807, 2.05) is 67.3 Å². The maximum Gasteiger partial charge on any atom is 0.233 e. The summed E-state index contributed by atoms with van der Waals surface area (Å²) < 4.78 is 0.798. The van der Waals surface area contributed by atoms with E-state index in [2.05, 4.69) is 27.6 Å². The second kappa shape index (κ2) is 10.2. The minimum Gasteiger partial charge on any atom is -0.356 e. The van der Waals surface area contributed by atoms with E-state index in [4.69, 9.17) is 0 Å². The molecule has 146 valence electrons. The van der Waals surface area contributed by atoms with E-state index < -0.39 is 0 Å². The summed E-state index contributed by atoms with van der Waals surface area (Å²) in [6.45, 7) is 5.42. The number of carbonyl (C=O) groups is 1. The molecule has 0 aliphatic rings. The van der Waals surface area contributed by atoms with Gasteiger partial charge in [0.15, 0.2) is 4.34 Å². The zero-order valence-corrected chi connectivity index (χ0v) is 17.7. The van der Waals surface area contributed by atoms with Gasteiger partial charge in [0.2, 0.25) is 11.0 Å². The van der Waals surface area contributed by atoms with E-state index in [1.165, 1.54) is 28.7 Å². The van der Waals surface area contributed by atoms with Crippen molar-refractivity contribution in [2.45, 2.75) is 37.3 Å². The fraction of sp³-hybridized carbons (Fsp3) is 0.286. The average Bonchev–Trinajstić information content (AvgIpc) is 3.18. The normalized spacial score (nSPS) is 10.8. The van der Waals surface area contributed by atoms with Crippen LogP contribution in [-0.4, -0.2) is 32.8 Å². The molecule has 0 aliphatic heterocycles. The lowest BCUT2D eigenvalue weighted by Gasteiger charge is -2.26. The Morgan fingerprint density at radius 2 is 1.68 bits per heavy atom. The van der Waals surface area contributed by atoms with Crippen LogP contribution in [0.2, 0.25) is 0 Å². The van der Waals surface area contributed by atoms with Crippen LogP contribution in [0, 0.1) is 0 Å². The second-order valence-electron chi connectivity index (χ2n) is 6.60. The van der Waals surface area contributed by atoms with Crippen LogP contribution in [0.5, 0.6) is 0 Å². The van der Waals surface area contributed by atoms with Gasteiger partial charge in [-0.25, -0.2) is 0 Å². The molecule has 1 N–H and O–H groups in total. The third kappa shape index (κ3) is 6.07. The third-order valence-corrected chi connectivity index (χ3v) is 6.15. The number of hydrogen-bond acceptors (Lipinski definition) is 6. The molecule has 0 fully saturated rings. The van der Waals surface area contributed by atoms with Crippen molar-refractivity contribution < 1.29 is 4.79 Å². The van der Waals surface area contributed by atoms with Crippen molar-refractivity contribution >= 4 is 34.1 Å². The first kappa shape index (κ1) is 20.4. The molecule has 0 unspecified atom stereocenters. The molecule has 2 aromatic carbocycles. The largest absolute Gasteiger partial charge is 0.356 e. The Morgan fingerprint density at radius 1 is 1.04 bits per heavy atom. The molecule has 0 bridgehead atoms. The number of amides is 1. The highest BCUT2D eigenvalue weighted by Gasteiger charge is 2.18. The highest BCUT2D eigenvalue weighted by Crippen LogP contribution is 2.26. The van der Waals surface area contributed by atoms with Crippen LogP contribution in [0.25, 0.3) is 0 Å². The molecule has 0 saturated heterocycles. The summed E-state index contributed by atoms with van der Waals surface area (Å²) >= 11 is 2.92. The first-order chi connectivity index (χ1) is 13.6. The molecule has 0 atom stereocenters. The quantitative estimate of drug-likeness (QED) is 0.517. The number of aromatic nitrogens is 2. The number of anilines is 1. The van der Waals surface area contributed by atoms with E-state index in [9.17, 15) is 4.79 Å². The van der Waals surface area contributed by atoms with E-state index >= 15 is 0 Å². The lowest BCUT2D eigenvalue weighted by atomic mass is 10.2. The van der Waals surface area contributed by atoms with Crippen LogP contribution in [-0.2, 0) is 17.9 Å². The molecular formula is C21H24N4OS2. The lowest BCUT2D eigenvalue weighted by molar-refractivity contribution is -0.130. The zero-order valence-electron chi connectivity index (χ0n) is 16.0. The maximum absolute atomic E-state index is 12.7. The Hall–Kier alpha value is -2.38. The summed E-state index contributed by atoms with van der Waals surface area (Å²) in [4.78, 5) is 14.6. The Morgan fingerprint density at radius 3 is 2.32 bits per heavy atom. The minimum absolute atomic E-state index is 0.109. The SMILES string of the molecule is CC(C)N(Cc1ccccc1)C(=O)CSc1nnc(NCc2ccccc2)s1. The lowest BCUT2D eigenvalue weighted by Crippen LogP contribution is -2.37. The summed E-state index contributed by atoms with van der Waals surface area (Å²) in [6.07, 6.45) is 0. The van der Waals surface area contributed by atoms with Gasteiger partial charge in [0.05, 0.1) is 5.75 Å². The first-order valence-corrected chi connectivity index (χ1v) is 11.0. The minimum atomic E-state index is 0.109. The van der Waals surface area contributed by atoms with Crippen LogP contribution < -0.4 is 5.32 Å². The van der Waals surface area contributed by atoms with Gasteiger partial charge < -0.3 is 10.2 Å². The van der Waals surface area contributed by atoms with Crippen LogP contribution in [0.3, 0.4) is 0 Å². The zero-order chi connectivity index (χ0) is 19.8. The van der Waals surface area contributed by atoms with Gasteiger partial charge in [-0.1, -0.05) is 83.8 Å². The van der Waals surface area contributed by atoms with Gasteiger partial charge in [-0.05, 0) is 25.0 Å². The van der Waals surface area contributed by atoms with E-state index in [1.54, 1.807) is 0 Å². The molecule has 1 amide bonds. The maximum atomic E-state index is 12.7. The third-order valence-electron chi connectivity index (χ3n) is 4.15. The van der Waals surface area contributed by atoms with Gasteiger partial charge in [0.25, 0.3) is 0 Å². The van der Waals surface area contributed by atoms with Gasteiger partial charge in [-0.15, -0.1) is 10.2 Å². The van der Waals surface area contributed by atoms with Crippen molar-refractivity contribution in [3.05, 3.63) is 71.8 Å². The molecule has 0 spiro atoms. The summed E-state index contributed by atoms with van der Waals surface area (Å²) in [5.74, 6) is 0.469. The van der Waals surface area contributed by atoms with E-state index in [-0.39, 0.29) is 11.9 Å². The Kier molecular flexibility index (Phi) is 7.45. The number of nitrogens with zero attached hydrogens (tertiary/aromatic N) is 3. The number of rotatable bonds is 9. The van der Waals surface area contributed by atoms with Crippen molar-refractivity contribution in [2.24, 2.45) is 0 Å². The molecule has 3 aromatic rings. The highest BCUT2D eigenvalue weighted by molar-refractivity contribution is 8.01. The number of thioether (sulfide) groups is 1. The Bertz CT molecular complexity index is 868. The topological polar surface area (TPSA) is 58.1 Å². The Balaban J connectivity index is 1.51. The number of benzene rings is 2. The molecule has 0 aliphatic carbocycles. The fourth-order valence-corrected chi connectivity index (χ4v) is 4.29. The van der Waals surface area contributed by atoms with Crippen molar-refractivity contribution in [1.29, 1.82) is 0 Å². The summed E-state index contributed by atoms with van der Waals surface area (Å²) in [5.41, 5.74) is 2.33. The van der Waals surface area contributed by atoms with Gasteiger partial charge >= 0.3 is 0 Å². The standard InChI is InChI=1S/C21H24N4OS2/c1-16(2)25(14-18-11-7-4-8-12-18)19(26)15-27-21-24-23-20(28-21)22-13-17-9-5-3-6-10-17/h3-12,16H,13-15H2,1-2H3,(H,22,23). The number of nitrogens with one attached hydrogen (secondary N) is 1. The molecule has 7 heteroatoms. The molecular weight excluding hydrogens is 388 g/mol. The molecule has 1 aromatic heterocycles. The average molecular weight is 413 g/mol. The molecule has 0 radical (unpaired) electrons. The predicted molar refractivity (Wildman–Crippen MR) is 117 cm³/mol. The Labute approximate surface area is 174 Å². The molecule has 3 rings (SSSR count). The van der Waals surface area contributed by atoms with Crippen LogP contribution in [0.15, 0.2) is 65.0 Å². The van der Waals surface area contributed by atoms with Crippen LogP contribution >= 0.6 is 23.1 Å². The summed E-state index contributed by atoms with van der Waals surface area (Å²) in [6, 6.07) is 20.4. The van der Waals surface area contributed by atoms with Crippen molar-refractivity contribution in [1.82, 2.24) is 15.1 Å². The van der Waals surface area contributed by atoms with Crippen LogP contribution in [0.1, 0.15) is 25.0 Å².